The Hall–Kier alpha value is -1.22. The highest BCUT2D eigenvalue weighted by molar-refractivity contribution is 6.33. The average molecular weight is 200 g/mol. The maximum Gasteiger partial charge on any atom is 0.211 e. The van der Waals surface area contributed by atoms with E-state index in [1.54, 1.807) is 12.1 Å². The highest BCUT2D eigenvalue weighted by Gasteiger charge is 2.08. The molecule has 1 aromatic carbocycles. The quantitative estimate of drug-likeness (QED) is 0.579. The lowest BCUT2D eigenvalue weighted by Crippen LogP contribution is -1.95. The third-order valence-corrected chi connectivity index (χ3v) is 2.21. The van der Waals surface area contributed by atoms with E-state index < -0.39 is 0 Å². The summed E-state index contributed by atoms with van der Waals surface area (Å²) in [4.78, 5) is 10.1. The number of phenolic OH excluding ortho intramolecular Hbond substituents is 1. The number of anilines is 1. The molecule has 0 aromatic heterocycles. The van der Waals surface area contributed by atoms with Gasteiger partial charge in [-0.1, -0.05) is 24.6 Å². The van der Waals surface area contributed by atoms with Gasteiger partial charge in [0.25, 0.3) is 0 Å². The van der Waals surface area contributed by atoms with Crippen molar-refractivity contribution in [3.05, 3.63) is 22.7 Å². The van der Waals surface area contributed by atoms with Crippen LogP contribution in [0.5, 0.6) is 5.75 Å². The molecule has 1 amide bonds. The molecule has 0 fully saturated rings. The first-order chi connectivity index (χ1) is 6.20. The summed E-state index contributed by atoms with van der Waals surface area (Å²) in [5.41, 5.74) is 1.19. The van der Waals surface area contributed by atoms with Gasteiger partial charge in [0.2, 0.25) is 6.41 Å². The van der Waals surface area contributed by atoms with E-state index >= 15 is 0 Å². The number of hydrogen-bond acceptors (Lipinski definition) is 2. The van der Waals surface area contributed by atoms with Crippen LogP contribution in [0.4, 0.5) is 5.69 Å². The number of benzene rings is 1. The molecule has 1 rings (SSSR count). The molecule has 0 bridgehead atoms. The molecule has 0 unspecified atom stereocenters. The van der Waals surface area contributed by atoms with Crippen molar-refractivity contribution >= 4 is 23.7 Å². The summed E-state index contributed by atoms with van der Waals surface area (Å²) in [5.74, 6) is -0.0758. The first kappa shape index (κ1) is 9.86. The molecule has 13 heavy (non-hydrogen) atoms. The third-order valence-electron chi connectivity index (χ3n) is 1.79. The zero-order chi connectivity index (χ0) is 9.84. The molecule has 0 atom stereocenters. The van der Waals surface area contributed by atoms with Crippen LogP contribution in [0.25, 0.3) is 0 Å². The third kappa shape index (κ3) is 1.92. The van der Waals surface area contributed by atoms with Gasteiger partial charge in [-0.3, -0.25) is 4.79 Å². The maximum atomic E-state index is 10.1. The minimum atomic E-state index is -0.0758. The van der Waals surface area contributed by atoms with Crippen LogP contribution >= 0.6 is 11.6 Å². The summed E-state index contributed by atoms with van der Waals surface area (Å²) in [6, 6.07) is 3.39. The van der Waals surface area contributed by atoms with Gasteiger partial charge in [0.05, 0.1) is 10.7 Å². The monoisotopic (exact) mass is 199 g/mol. The summed E-state index contributed by atoms with van der Waals surface area (Å²) in [6.45, 7) is 1.94. The van der Waals surface area contributed by atoms with E-state index in [1.165, 1.54) is 0 Å². The molecule has 4 heteroatoms. The lowest BCUT2D eigenvalue weighted by Gasteiger charge is -2.07. The van der Waals surface area contributed by atoms with Crippen molar-refractivity contribution < 1.29 is 9.90 Å². The maximum absolute atomic E-state index is 10.1. The molecule has 0 aliphatic heterocycles. The summed E-state index contributed by atoms with van der Waals surface area (Å²) in [6.07, 6.45) is 1.24. The Kier molecular flexibility index (Phi) is 3.14. The molecule has 0 saturated heterocycles. The van der Waals surface area contributed by atoms with E-state index in [-0.39, 0.29) is 5.75 Å². The average Bonchev–Trinajstić information content (AvgIpc) is 2.14. The van der Waals surface area contributed by atoms with E-state index in [1.807, 2.05) is 6.92 Å². The van der Waals surface area contributed by atoms with E-state index in [4.69, 9.17) is 11.6 Å². The summed E-state index contributed by atoms with van der Waals surface area (Å²) in [5, 5.41) is 12.1. The van der Waals surface area contributed by atoms with Gasteiger partial charge in [-0.2, -0.15) is 0 Å². The second kappa shape index (κ2) is 4.14. The topological polar surface area (TPSA) is 49.3 Å². The van der Waals surface area contributed by atoms with Crippen LogP contribution in [-0.2, 0) is 11.2 Å². The van der Waals surface area contributed by atoms with Crippen LogP contribution < -0.4 is 5.32 Å². The summed E-state index contributed by atoms with van der Waals surface area (Å²) >= 11 is 5.83. The van der Waals surface area contributed by atoms with E-state index in [9.17, 15) is 9.90 Å². The lowest BCUT2D eigenvalue weighted by atomic mass is 10.1. The molecular formula is C9H10ClNO2. The highest BCUT2D eigenvalue weighted by atomic mass is 35.5. The van der Waals surface area contributed by atoms with Crippen molar-refractivity contribution in [2.75, 3.05) is 5.32 Å². The predicted octanol–water partition coefficient (Wildman–Crippen LogP) is 2.18. The van der Waals surface area contributed by atoms with Gasteiger partial charge in [0.1, 0.15) is 0 Å². The molecule has 2 N–H and O–H groups in total. The number of carbonyl (C=O) groups excluding carboxylic acids is 1. The van der Waals surface area contributed by atoms with Crippen LogP contribution in [0.2, 0.25) is 5.02 Å². The lowest BCUT2D eigenvalue weighted by molar-refractivity contribution is -0.105. The second-order valence-electron chi connectivity index (χ2n) is 2.55. The number of nitrogens with one attached hydrogen (secondary N) is 1. The van der Waals surface area contributed by atoms with Crippen molar-refractivity contribution in [2.45, 2.75) is 13.3 Å². The van der Waals surface area contributed by atoms with Crippen LogP contribution in [0.1, 0.15) is 12.5 Å². The van der Waals surface area contributed by atoms with Crippen LogP contribution in [0.3, 0.4) is 0 Å². The fourth-order valence-corrected chi connectivity index (χ4v) is 1.36. The first-order valence-corrected chi connectivity index (χ1v) is 4.29. The van der Waals surface area contributed by atoms with E-state index in [2.05, 4.69) is 5.32 Å². The van der Waals surface area contributed by atoms with Gasteiger partial charge >= 0.3 is 0 Å². The Bertz CT molecular complexity index is 326. The van der Waals surface area contributed by atoms with Crippen LogP contribution in [-0.4, -0.2) is 11.5 Å². The largest absolute Gasteiger partial charge is 0.504 e. The summed E-state index contributed by atoms with van der Waals surface area (Å²) in [7, 11) is 0. The number of rotatable bonds is 3. The highest BCUT2D eigenvalue weighted by Crippen LogP contribution is 2.34. The van der Waals surface area contributed by atoms with E-state index in [0.717, 1.165) is 12.0 Å². The molecule has 70 valence electrons. The number of aryl methyl sites for hydroxylation is 1. The zero-order valence-electron chi connectivity index (χ0n) is 7.17. The van der Waals surface area contributed by atoms with Gasteiger partial charge in [0.15, 0.2) is 5.75 Å². The van der Waals surface area contributed by atoms with Gasteiger partial charge < -0.3 is 10.4 Å². The fraction of sp³-hybridized carbons (Fsp3) is 0.222. The van der Waals surface area contributed by atoms with Gasteiger partial charge in [-0.25, -0.2) is 0 Å². The molecule has 0 aliphatic carbocycles. The minimum absolute atomic E-state index is 0.0758. The van der Waals surface area contributed by atoms with Crippen molar-refractivity contribution in [3.63, 3.8) is 0 Å². The molecule has 1 aromatic rings. The van der Waals surface area contributed by atoms with E-state index in [0.29, 0.717) is 17.1 Å². The van der Waals surface area contributed by atoms with Crippen LogP contribution in [0.15, 0.2) is 12.1 Å². The Morgan fingerprint density at radius 1 is 1.62 bits per heavy atom. The molecular weight excluding hydrogens is 190 g/mol. The van der Waals surface area contributed by atoms with Crippen molar-refractivity contribution in [1.29, 1.82) is 0 Å². The van der Waals surface area contributed by atoms with Gasteiger partial charge in [-0.05, 0) is 18.1 Å². The van der Waals surface area contributed by atoms with Crippen molar-refractivity contribution in [3.8, 4) is 5.75 Å². The predicted molar refractivity (Wildman–Crippen MR) is 52.2 cm³/mol. The smallest absolute Gasteiger partial charge is 0.211 e. The zero-order valence-corrected chi connectivity index (χ0v) is 7.93. The fourth-order valence-electron chi connectivity index (χ4n) is 1.06. The Morgan fingerprint density at radius 2 is 2.31 bits per heavy atom. The van der Waals surface area contributed by atoms with Crippen molar-refractivity contribution in [2.24, 2.45) is 0 Å². The minimum Gasteiger partial charge on any atom is -0.504 e. The number of aromatic hydroxyl groups is 1. The standard InChI is InChI=1S/C9H10ClNO2/c1-2-6-3-4-7(11-5-12)9(13)8(6)10/h3-5,13H,2H2,1H3,(H,11,12). The number of hydrogen-bond donors (Lipinski definition) is 2. The molecule has 0 aliphatic rings. The molecule has 0 saturated carbocycles. The number of phenols is 1. The molecule has 3 nitrogen and oxygen atoms in total. The Labute approximate surface area is 81.3 Å². The van der Waals surface area contributed by atoms with Crippen LogP contribution in [0, 0.1) is 0 Å². The normalized spacial score (nSPS) is 9.69. The molecule has 0 spiro atoms. The number of carbonyl (C=O) groups is 1. The Balaban J connectivity index is 3.14. The summed E-state index contributed by atoms with van der Waals surface area (Å²) < 4.78 is 0. The molecule has 0 heterocycles. The SMILES string of the molecule is CCc1ccc(NC=O)c(O)c1Cl. The van der Waals surface area contributed by atoms with Gasteiger partial charge in [-0.15, -0.1) is 0 Å². The second-order valence-corrected chi connectivity index (χ2v) is 2.93. The number of amides is 1. The molecule has 0 radical (unpaired) electrons. The first-order valence-electron chi connectivity index (χ1n) is 3.91. The Morgan fingerprint density at radius 3 is 2.85 bits per heavy atom. The van der Waals surface area contributed by atoms with Crippen molar-refractivity contribution in [1.82, 2.24) is 0 Å². The number of halogens is 1. The van der Waals surface area contributed by atoms with Gasteiger partial charge in [0, 0.05) is 0 Å².